The van der Waals surface area contributed by atoms with Crippen LogP contribution >= 0.6 is 0 Å². The van der Waals surface area contributed by atoms with Gasteiger partial charge in [-0.15, -0.1) is 5.10 Å². The highest BCUT2D eigenvalue weighted by Crippen LogP contribution is 2.52. The zero-order valence-electron chi connectivity index (χ0n) is 12.2. The fourth-order valence-corrected chi connectivity index (χ4v) is 4.18. The Morgan fingerprint density at radius 2 is 1.65 bits per heavy atom. The maximum Gasteiger partial charge on any atom is 0.258 e. The molecule has 2 aliphatic carbocycles. The number of H-pyrrole nitrogens is 1. The van der Waals surface area contributed by atoms with Crippen molar-refractivity contribution in [1.29, 1.82) is 0 Å². The quantitative estimate of drug-likeness (QED) is 0.677. The zero-order chi connectivity index (χ0) is 15.6. The molecule has 114 valence electrons. The molecule has 6 nitrogen and oxygen atoms in total. The summed E-state index contributed by atoms with van der Waals surface area (Å²) >= 11 is 0. The molecular formula is C17H14N4O2. The zero-order valence-corrected chi connectivity index (χ0v) is 12.2. The number of allylic oxidation sites excluding steroid dienone is 2. The van der Waals surface area contributed by atoms with Gasteiger partial charge < -0.3 is 0 Å². The number of aromatic nitrogens is 3. The predicted octanol–water partition coefficient (Wildman–Crippen LogP) is 1.78. The van der Waals surface area contributed by atoms with E-state index in [1.54, 1.807) is 0 Å². The normalized spacial score (nSPS) is 31.2. The second kappa shape index (κ2) is 4.38. The number of imide groups is 1. The lowest BCUT2D eigenvalue weighted by Gasteiger charge is -2.14. The molecule has 1 aromatic heterocycles. The first-order valence-electron chi connectivity index (χ1n) is 7.78. The fourth-order valence-electron chi connectivity index (χ4n) is 4.18. The van der Waals surface area contributed by atoms with Gasteiger partial charge in [0, 0.05) is 5.56 Å². The van der Waals surface area contributed by atoms with Gasteiger partial charge in [-0.05, 0) is 18.3 Å². The first kappa shape index (κ1) is 12.8. The molecule has 0 radical (unpaired) electrons. The third-order valence-electron chi connectivity index (χ3n) is 5.19. The Hall–Kier alpha value is -2.76. The molecule has 1 aliphatic heterocycles. The van der Waals surface area contributed by atoms with Crippen molar-refractivity contribution in [1.82, 2.24) is 15.2 Å². The van der Waals surface area contributed by atoms with E-state index in [0.29, 0.717) is 5.82 Å². The summed E-state index contributed by atoms with van der Waals surface area (Å²) in [6.07, 6.45) is 5.08. The standard InChI is InChI=1S/C17H14N4O2/c22-15-12-10-6-7-11(8-10)13(12)16(23)21(15)17-18-14(19-20-17)9-4-2-1-3-5-9/h1-7,10-13H,8H2,(H,18,19,20)/t10-,11-,12-,13+/m0/s1. The lowest BCUT2D eigenvalue weighted by Crippen LogP contribution is -2.33. The van der Waals surface area contributed by atoms with Crippen molar-refractivity contribution in [2.75, 3.05) is 4.90 Å². The summed E-state index contributed by atoms with van der Waals surface area (Å²) in [4.78, 5) is 31.0. The molecule has 5 rings (SSSR count). The van der Waals surface area contributed by atoms with E-state index >= 15 is 0 Å². The average molecular weight is 306 g/mol. The Morgan fingerprint density at radius 3 is 2.30 bits per heavy atom. The van der Waals surface area contributed by atoms with E-state index in [-0.39, 0.29) is 41.4 Å². The van der Waals surface area contributed by atoms with Crippen LogP contribution in [0.2, 0.25) is 0 Å². The Labute approximate surface area is 132 Å². The van der Waals surface area contributed by atoms with E-state index in [1.165, 1.54) is 4.90 Å². The Kier molecular flexibility index (Phi) is 2.43. The van der Waals surface area contributed by atoms with Gasteiger partial charge in [0.25, 0.3) is 5.95 Å². The van der Waals surface area contributed by atoms with Gasteiger partial charge in [-0.1, -0.05) is 42.5 Å². The van der Waals surface area contributed by atoms with Crippen LogP contribution in [-0.4, -0.2) is 27.0 Å². The summed E-state index contributed by atoms with van der Waals surface area (Å²) in [5.41, 5.74) is 0.868. The van der Waals surface area contributed by atoms with Gasteiger partial charge in [-0.25, -0.2) is 4.90 Å². The minimum absolute atomic E-state index is 0.157. The van der Waals surface area contributed by atoms with Gasteiger partial charge >= 0.3 is 0 Å². The molecule has 3 aliphatic rings. The van der Waals surface area contributed by atoms with Gasteiger partial charge in [0.15, 0.2) is 5.82 Å². The molecule has 1 saturated carbocycles. The minimum atomic E-state index is -0.226. The van der Waals surface area contributed by atoms with Crippen LogP contribution in [0.5, 0.6) is 0 Å². The van der Waals surface area contributed by atoms with Crippen molar-refractivity contribution >= 4 is 17.8 Å². The first-order chi connectivity index (χ1) is 11.2. The number of anilines is 1. The number of fused-ring (bicyclic) bond motifs is 5. The smallest absolute Gasteiger partial charge is 0.258 e. The van der Waals surface area contributed by atoms with Gasteiger partial charge in [0.1, 0.15) is 0 Å². The maximum atomic E-state index is 12.7. The highest BCUT2D eigenvalue weighted by atomic mass is 16.2. The van der Waals surface area contributed by atoms with Crippen LogP contribution in [0.25, 0.3) is 11.4 Å². The van der Waals surface area contributed by atoms with Crippen molar-refractivity contribution in [3.63, 3.8) is 0 Å². The molecule has 2 amide bonds. The summed E-state index contributed by atoms with van der Waals surface area (Å²) < 4.78 is 0. The molecule has 23 heavy (non-hydrogen) atoms. The van der Waals surface area contributed by atoms with Gasteiger partial charge in [0.2, 0.25) is 11.8 Å². The van der Waals surface area contributed by atoms with Crippen LogP contribution in [0.4, 0.5) is 5.95 Å². The Bertz CT molecular complexity index is 811. The number of carbonyl (C=O) groups excluding carboxylic acids is 2. The van der Waals surface area contributed by atoms with Crippen LogP contribution in [0.3, 0.4) is 0 Å². The molecule has 2 aromatic rings. The fraction of sp³-hybridized carbons (Fsp3) is 0.294. The number of aromatic amines is 1. The topological polar surface area (TPSA) is 79.0 Å². The van der Waals surface area contributed by atoms with E-state index in [0.717, 1.165) is 12.0 Å². The number of hydrogen-bond acceptors (Lipinski definition) is 4. The summed E-state index contributed by atoms with van der Waals surface area (Å²) in [5.74, 6) is 0.336. The van der Waals surface area contributed by atoms with Gasteiger partial charge in [-0.3, -0.25) is 14.7 Å². The monoisotopic (exact) mass is 306 g/mol. The highest BCUT2D eigenvalue weighted by Gasteiger charge is 2.60. The molecule has 1 N–H and O–H groups in total. The molecule has 2 fully saturated rings. The molecule has 6 heteroatoms. The maximum absolute atomic E-state index is 12.7. The van der Waals surface area contributed by atoms with Gasteiger partial charge in [0.05, 0.1) is 11.8 Å². The van der Waals surface area contributed by atoms with E-state index in [9.17, 15) is 9.59 Å². The number of benzene rings is 1. The van der Waals surface area contributed by atoms with Crippen LogP contribution in [0.15, 0.2) is 42.5 Å². The predicted molar refractivity (Wildman–Crippen MR) is 82.0 cm³/mol. The van der Waals surface area contributed by atoms with E-state index in [4.69, 9.17) is 0 Å². The van der Waals surface area contributed by atoms with Crippen LogP contribution in [-0.2, 0) is 9.59 Å². The third kappa shape index (κ3) is 1.63. The molecule has 0 spiro atoms. The molecule has 1 saturated heterocycles. The summed E-state index contributed by atoms with van der Waals surface area (Å²) in [6, 6.07) is 9.51. The molecular weight excluding hydrogens is 292 g/mol. The Morgan fingerprint density at radius 1 is 1.00 bits per heavy atom. The number of rotatable bonds is 2. The lowest BCUT2D eigenvalue weighted by atomic mass is 9.85. The van der Waals surface area contributed by atoms with Crippen LogP contribution in [0.1, 0.15) is 6.42 Å². The van der Waals surface area contributed by atoms with E-state index in [2.05, 4.69) is 27.3 Å². The van der Waals surface area contributed by atoms with Crippen molar-refractivity contribution in [2.24, 2.45) is 23.7 Å². The SMILES string of the molecule is O=C1[C@@H]2[C@H](C(=O)N1c1n[nH]c(-c3ccccc3)n1)[C@H]1C=C[C@H]2C1. The second-order valence-corrected chi connectivity index (χ2v) is 6.36. The number of amides is 2. The van der Waals surface area contributed by atoms with Crippen molar-refractivity contribution in [3.8, 4) is 11.4 Å². The average Bonchev–Trinajstić information content (AvgIpc) is 3.33. The number of hydrogen-bond donors (Lipinski definition) is 1. The third-order valence-corrected chi connectivity index (χ3v) is 5.19. The largest absolute Gasteiger partial charge is 0.274 e. The molecule has 2 bridgehead atoms. The molecule has 2 heterocycles. The summed E-state index contributed by atoms with van der Waals surface area (Å²) in [6.45, 7) is 0. The highest BCUT2D eigenvalue weighted by molar-refractivity contribution is 6.21. The van der Waals surface area contributed by atoms with E-state index in [1.807, 2.05) is 30.3 Å². The van der Waals surface area contributed by atoms with Gasteiger partial charge in [-0.2, -0.15) is 4.98 Å². The number of nitrogens with one attached hydrogen (secondary N) is 1. The van der Waals surface area contributed by atoms with Crippen molar-refractivity contribution in [2.45, 2.75) is 6.42 Å². The van der Waals surface area contributed by atoms with Crippen molar-refractivity contribution < 1.29 is 9.59 Å². The van der Waals surface area contributed by atoms with Crippen LogP contribution in [0, 0.1) is 23.7 Å². The lowest BCUT2D eigenvalue weighted by molar-refractivity contribution is -0.123. The summed E-state index contributed by atoms with van der Waals surface area (Å²) in [7, 11) is 0. The first-order valence-corrected chi connectivity index (χ1v) is 7.78. The molecule has 4 atom stereocenters. The number of carbonyl (C=O) groups is 2. The molecule has 1 aromatic carbocycles. The molecule has 0 unspecified atom stereocenters. The summed E-state index contributed by atoms with van der Waals surface area (Å²) in [5, 5.41) is 6.92. The van der Waals surface area contributed by atoms with Crippen molar-refractivity contribution in [3.05, 3.63) is 42.5 Å². The minimum Gasteiger partial charge on any atom is -0.274 e. The second-order valence-electron chi connectivity index (χ2n) is 6.36. The Balaban J connectivity index is 1.51. The number of nitrogens with zero attached hydrogens (tertiary/aromatic N) is 3. The van der Waals surface area contributed by atoms with E-state index < -0.39 is 0 Å². The van der Waals surface area contributed by atoms with Crippen LogP contribution < -0.4 is 4.90 Å².